The first-order valence-corrected chi connectivity index (χ1v) is 11.9. The molecule has 0 aromatic heterocycles. The normalized spacial score (nSPS) is 22.8. The third kappa shape index (κ3) is 6.64. The molecule has 2 aromatic carbocycles. The summed E-state index contributed by atoms with van der Waals surface area (Å²) in [6.45, 7) is 4.98. The summed E-state index contributed by atoms with van der Waals surface area (Å²) >= 11 is 0. The number of hydrogen-bond acceptors (Lipinski definition) is 4. The van der Waals surface area contributed by atoms with Crippen LogP contribution in [0.15, 0.2) is 59.5 Å². The van der Waals surface area contributed by atoms with Crippen LogP contribution in [0.5, 0.6) is 0 Å². The van der Waals surface area contributed by atoms with E-state index in [9.17, 15) is 13.5 Å². The van der Waals surface area contributed by atoms with E-state index < -0.39 is 15.7 Å². The molecule has 166 valence electrons. The van der Waals surface area contributed by atoms with Crippen molar-refractivity contribution in [1.29, 1.82) is 0 Å². The van der Waals surface area contributed by atoms with Gasteiger partial charge in [0.1, 0.15) is 0 Å². The standard InChI is InChI=1S/C17H27NO.C7H8O3S/c1-14(13-18(2)3)17(19)12-8-7-11-16(17)15-9-5-4-6-10-15;1-6-2-4-7(5-3-6)11(8,9)10/h4-6,9-10,14,16,19H,7-8,11-13H2,1-3H3;2-5H,1H3,(H,8,9,10). The number of aryl methyl sites for hydroxylation is 1. The second-order valence-electron chi connectivity index (χ2n) is 8.65. The summed E-state index contributed by atoms with van der Waals surface area (Å²) < 4.78 is 29.6. The van der Waals surface area contributed by atoms with Gasteiger partial charge in [-0.1, -0.05) is 67.8 Å². The average Bonchev–Trinajstić information content (AvgIpc) is 2.68. The lowest BCUT2D eigenvalue weighted by Crippen LogP contribution is -2.48. The minimum atomic E-state index is -4.02. The molecule has 6 heteroatoms. The molecule has 0 saturated heterocycles. The second kappa shape index (κ2) is 10.5. The lowest BCUT2D eigenvalue weighted by Gasteiger charge is -2.45. The van der Waals surface area contributed by atoms with Gasteiger partial charge in [0, 0.05) is 12.5 Å². The quantitative estimate of drug-likeness (QED) is 0.678. The Bertz CT molecular complexity index is 881. The first-order chi connectivity index (χ1) is 14.0. The summed E-state index contributed by atoms with van der Waals surface area (Å²) in [6, 6.07) is 16.5. The molecule has 1 aliphatic carbocycles. The fraction of sp³-hybridized carbons (Fsp3) is 0.500. The molecule has 3 unspecified atom stereocenters. The average molecular weight is 434 g/mol. The Morgan fingerprint density at radius 3 is 2.20 bits per heavy atom. The van der Waals surface area contributed by atoms with E-state index in [-0.39, 0.29) is 10.8 Å². The Morgan fingerprint density at radius 1 is 1.07 bits per heavy atom. The van der Waals surface area contributed by atoms with E-state index in [2.05, 4.69) is 56.3 Å². The van der Waals surface area contributed by atoms with Crippen molar-refractivity contribution in [1.82, 2.24) is 4.90 Å². The number of hydrogen-bond donors (Lipinski definition) is 2. The van der Waals surface area contributed by atoms with E-state index in [4.69, 9.17) is 4.55 Å². The summed E-state index contributed by atoms with van der Waals surface area (Å²) in [7, 11) is 0.148. The van der Waals surface area contributed by atoms with Crippen LogP contribution in [-0.2, 0) is 10.1 Å². The van der Waals surface area contributed by atoms with Crippen molar-refractivity contribution < 1.29 is 18.1 Å². The largest absolute Gasteiger partial charge is 0.389 e. The van der Waals surface area contributed by atoms with Gasteiger partial charge in [0.25, 0.3) is 10.1 Å². The van der Waals surface area contributed by atoms with Gasteiger partial charge in [-0.3, -0.25) is 4.55 Å². The van der Waals surface area contributed by atoms with Crippen molar-refractivity contribution in [2.75, 3.05) is 20.6 Å². The monoisotopic (exact) mass is 433 g/mol. The summed E-state index contributed by atoms with van der Waals surface area (Å²) in [5.41, 5.74) is 1.71. The van der Waals surface area contributed by atoms with Crippen molar-refractivity contribution >= 4 is 10.1 Å². The highest BCUT2D eigenvalue weighted by molar-refractivity contribution is 7.85. The third-order valence-corrected chi connectivity index (χ3v) is 6.80. The first kappa shape index (κ1) is 24.5. The fourth-order valence-corrected chi connectivity index (χ4v) is 4.81. The van der Waals surface area contributed by atoms with Crippen LogP contribution in [0.3, 0.4) is 0 Å². The molecule has 2 N–H and O–H groups in total. The molecule has 0 aliphatic heterocycles. The molecule has 0 bridgehead atoms. The van der Waals surface area contributed by atoms with Crippen LogP contribution in [0.4, 0.5) is 0 Å². The van der Waals surface area contributed by atoms with Crippen LogP contribution in [0, 0.1) is 12.8 Å². The maximum atomic E-state index is 11.3. The molecular formula is C24H35NO4S. The summed E-state index contributed by atoms with van der Waals surface area (Å²) in [5.74, 6) is 0.588. The van der Waals surface area contributed by atoms with Crippen molar-refractivity contribution in [3.8, 4) is 0 Å². The minimum absolute atomic E-state index is 0.0666. The summed E-state index contributed by atoms with van der Waals surface area (Å²) in [4.78, 5) is 2.11. The molecule has 1 saturated carbocycles. The van der Waals surface area contributed by atoms with Gasteiger partial charge in [-0.15, -0.1) is 0 Å². The van der Waals surface area contributed by atoms with Gasteiger partial charge in [-0.05, 0) is 57.5 Å². The first-order valence-electron chi connectivity index (χ1n) is 10.5. The highest BCUT2D eigenvalue weighted by atomic mass is 32.2. The van der Waals surface area contributed by atoms with E-state index in [1.165, 1.54) is 24.1 Å². The Morgan fingerprint density at radius 2 is 1.67 bits per heavy atom. The summed E-state index contributed by atoms with van der Waals surface area (Å²) in [5, 5.41) is 11.3. The van der Waals surface area contributed by atoms with Crippen molar-refractivity contribution in [2.45, 2.75) is 55.9 Å². The Balaban J connectivity index is 0.000000248. The van der Waals surface area contributed by atoms with Crippen molar-refractivity contribution in [2.24, 2.45) is 5.92 Å². The van der Waals surface area contributed by atoms with E-state index in [1.807, 2.05) is 6.92 Å². The second-order valence-corrected chi connectivity index (χ2v) is 10.1. The predicted molar refractivity (Wildman–Crippen MR) is 121 cm³/mol. The number of rotatable bonds is 5. The van der Waals surface area contributed by atoms with Gasteiger partial charge in [0.2, 0.25) is 0 Å². The Labute approximate surface area is 181 Å². The molecule has 0 radical (unpaired) electrons. The zero-order valence-electron chi connectivity index (χ0n) is 18.5. The maximum Gasteiger partial charge on any atom is 0.294 e. The van der Waals surface area contributed by atoms with Crippen LogP contribution in [0.2, 0.25) is 0 Å². The molecule has 3 rings (SSSR count). The van der Waals surface area contributed by atoms with Crippen LogP contribution in [0.1, 0.15) is 49.7 Å². The van der Waals surface area contributed by atoms with E-state index in [1.54, 1.807) is 12.1 Å². The molecule has 30 heavy (non-hydrogen) atoms. The zero-order chi connectivity index (χ0) is 22.4. The summed E-state index contributed by atoms with van der Waals surface area (Å²) in [6.07, 6.45) is 4.42. The van der Waals surface area contributed by atoms with Gasteiger partial charge in [-0.25, -0.2) is 0 Å². The topological polar surface area (TPSA) is 77.8 Å². The molecule has 0 heterocycles. The molecule has 2 aromatic rings. The lowest BCUT2D eigenvalue weighted by molar-refractivity contribution is -0.0677. The highest BCUT2D eigenvalue weighted by Crippen LogP contribution is 2.45. The van der Waals surface area contributed by atoms with Crippen molar-refractivity contribution in [3.63, 3.8) is 0 Å². The van der Waals surface area contributed by atoms with Crippen LogP contribution < -0.4 is 0 Å². The zero-order valence-corrected chi connectivity index (χ0v) is 19.3. The molecule has 1 aliphatic rings. The van der Waals surface area contributed by atoms with Gasteiger partial charge >= 0.3 is 0 Å². The van der Waals surface area contributed by atoms with Gasteiger partial charge in [0.05, 0.1) is 10.5 Å². The number of benzene rings is 2. The molecular weight excluding hydrogens is 398 g/mol. The predicted octanol–water partition coefficient (Wildman–Crippen LogP) is 4.51. The van der Waals surface area contributed by atoms with E-state index >= 15 is 0 Å². The SMILES string of the molecule is CC(CN(C)C)C1(O)CCCCC1c1ccccc1.Cc1ccc(S(=O)(=O)O)cc1. The maximum absolute atomic E-state index is 11.3. The van der Waals surface area contributed by atoms with Gasteiger partial charge < -0.3 is 10.0 Å². The van der Waals surface area contributed by atoms with Gasteiger partial charge in [-0.2, -0.15) is 8.42 Å². The molecule has 3 atom stereocenters. The minimum Gasteiger partial charge on any atom is -0.389 e. The molecule has 0 amide bonds. The molecule has 1 fully saturated rings. The molecule has 5 nitrogen and oxygen atoms in total. The lowest BCUT2D eigenvalue weighted by atomic mass is 9.66. The van der Waals surface area contributed by atoms with Gasteiger partial charge in [0.15, 0.2) is 0 Å². The van der Waals surface area contributed by atoms with Crippen LogP contribution in [-0.4, -0.2) is 49.2 Å². The Hall–Kier alpha value is -1.73. The fourth-order valence-electron chi connectivity index (χ4n) is 4.33. The highest BCUT2D eigenvalue weighted by Gasteiger charge is 2.43. The third-order valence-electron chi connectivity index (χ3n) is 5.94. The number of aliphatic hydroxyl groups is 1. The van der Waals surface area contributed by atoms with E-state index in [0.29, 0.717) is 5.92 Å². The van der Waals surface area contributed by atoms with Crippen LogP contribution >= 0.6 is 0 Å². The smallest absolute Gasteiger partial charge is 0.294 e. The van der Waals surface area contributed by atoms with E-state index in [0.717, 1.165) is 31.4 Å². The number of nitrogens with zero attached hydrogens (tertiary/aromatic N) is 1. The van der Waals surface area contributed by atoms with Crippen molar-refractivity contribution in [3.05, 3.63) is 65.7 Å². The Kier molecular flexibility index (Phi) is 8.62. The van der Waals surface area contributed by atoms with Crippen LogP contribution in [0.25, 0.3) is 0 Å². The molecule has 0 spiro atoms.